The molecule has 0 atom stereocenters. The molecule has 0 bridgehead atoms. The first kappa shape index (κ1) is 14.8. The number of rotatable bonds is 7. The zero-order chi connectivity index (χ0) is 14.4. The van der Waals surface area contributed by atoms with Crippen LogP contribution in [0, 0.1) is 13.8 Å². The van der Waals surface area contributed by atoms with Gasteiger partial charge < -0.3 is 10.1 Å². The average Bonchev–Trinajstić information content (AvgIpc) is 2.72. The van der Waals surface area contributed by atoms with Gasteiger partial charge in [0.05, 0.1) is 18.8 Å². The smallest absolute Gasteiger partial charge is 0.0662 e. The Labute approximate surface area is 120 Å². The van der Waals surface area contributed by atoms with Crippen molar-refractivity contribution in [2.24, 2.45) is 0 Å². The first-order valence-corrected chi connectivity index (χ1v) is 6.99. The summed E-state index contributed by atoms with van der Waals surface area (Å²) in [7, 11) is 1.72. The molecule has 0 unspecified atom stereocenters. The molecule has 2 aromatic rings. The number of benzene rings is 1. The fourth-order valence-electron chi connectivity index (χ4n) is 2.29. The summed E-state index contributed by atoms with van der Waals surface area (Å²) in [6, 6.07) is 10.4. The number of aryl methyl sites for hydroxylation is 1. The van der Waals surface area contributed by atoms with E-state index in [9.17, 15) is 0 Å². The zero-order valence-electron chi connectivity index (χ0n) is 12.5. The molecule has 1 heterocycles. The molecule has 0 radical (unpaired) electrons. The predicted octanol–water partition coefficient (Wildman–Crippen LogP) is 2.28. The molecular formula is C16H23N3O. The molecule has 0 spiro atoms. The highest BCUT2D eigenvalue weighted by Gasteiger charge is 2.11. The van der Waals surface area contributed by atoms with Crippen LogP contribution in [0.15, 0.2) is 30.3 Å². The minimum atomic E-state index is 0.732. The van der Waals surface area contributed by atoms with Crippen LogP contribution in [-0.2, 0) is 17.8 Å². The largest absolute Gasteiger partial charge is 0.383 e. The molecule has 1 N–H and O–H groups in total. The van der Waals surface area contributed by atoms with Crippen molar-refractivity contribution >= 4 is 0 Å². The fourth-order valence-corrected chi connectivity index (χ4v) is 2.29. The Morgan fingerprint density at radius 2 is 1.95 bits per heavy atom. The summed E-state index contributed by atoms with van der Waals surface area (Å²) in [4.78, 5) is 0. The maximum atomic E-state index is 5.04. The van der Waals surface area contributed by atoms with Crippen LogP contribution in [-0.4, -0.2) is 30.0 Å². The van der Waals surface area contributed by atoms with Gasteiger partial charge in [-0.2, -0.15) is 5.10 Å². The third-order valence-corrected chi connectivity index (χ3v) is 3.49. The van der Waals surface area contributed by atoms with E-state index in [0.29, 0.717) is 0 Å². The van der Waals surface area contributed by atoms with Crippen molar-refractivity contribution in [3.8, 4) is 0 Å². The number of methoxy groups -OCH3 is 1. The Bertz CT molecular complexity index is 534. The van der Waals surface area contributed by atoms with Crippen LogP contribution in [0.5, 0.6) is 0 Å². The van der Waals surface area contributed by atoms with E-state index < -0.39 is 0 Å². The molecule has 0 aliphatic carbocycles. The lowest BCUT2D eigenvalue weighted by atomic mass is 10.2. The Hall–Kier alpha value is -1.65. The second kappa shape index (κ2) is 7.22. The molecule has 4 nitrogen and oxygen atoms in total. The van der Waals surface area contributed by atoms with Gasteiger partial charge in [-0.1, -0.05) is 30.3 Å². The molecular weight excluding hydrogens is 250 g/mol. The van der Waals surface area contributed by atoms with Crippen LogP contribution in [0.3, 0.4) is 0 Å². The van der Waals surface area contributed by atoms with E-state index in [0.717, 1.165) is 31.9 Å². The number of aromatic nitrogens is 2. The van der Waals surface area contributed by atoms with Gasteiger partial charge in [0.25, 0.3) is 0 Å². The Kier molecular flexibility index (Phi) is 5.32. The molecule has 0 saturated carbocycles. The second-order valence-electron chi connectivity index (χ2n) is 4.96. The van der Waals surface area contributed by atoms with E-state index in [2.05, 4.69) is 53.2 Å². The Balaban J connectivity index is 2.04. The molecule has 108 valence electrons. The second-order valence-corrected chi connectivity index (χ2v) is 4.96. The fraction of sp³-hybridized carbons (Fsp3) is 0.438. The molecule has 0 saturated heterocycles. The van der Waals surface area contributed by atoms with E-state index in [1.165, 1.54) is 16.8 Å². The van der Waals surface area contributed by atoms with Gasteiger partial charge in [0.1, 0.15) is 0 Å². The van der Waals surface area contributed by atoms with Crippen molar-refractivity contribution in [2.75, 3.05) is 20.3 Å². The van der Waals surface area contributed by atoms with E-state index in [-0.39, 0.29) is 0 Å². The quantitative estimate of drug-likeness (QED) is 0.787. The summed E-state index contributed by atoms with van der Waals surface area (Å²) in [6.45, 7) is 7.47. The molecule has 0 aliphatic rings. The van der Waals surface area contributed by atoms with Crippen molar-refractivity contribution < 1.29 is 4.74 Å². The standard InChI is InChI=1S/C16H23N3O/c1-13-16(11-17-9-10-20-3)14(2)19(18-13)12-15-7-5-4-6-8-15/h4-8,17H,9-12H2,1-3H3. The van der Waals surface area contributed by atoms with Gasteiger partial charge in [-0.25, -0.2) is 0 Å². The maximum absolute atomic E-state index is 5.04. The number of hydrogen-bond acceptors (Lipinski definition) is 3. The van der Waals surface area contributed by atoms with E-state index in [1.807, 2.05) is 6.07 Å². The van der Waals surface area contributed by atoms with Gasteiger partial charge in [-0.3, -0.25) is 4.68 Å². The average molecular weight is 273 g/mol. The summed E-state index contributed by atoms with van der Waals surface area (Å²) >= 11 is 0. The van der Waals surface area contributed by atoms with Gasteiger partial charge in [-0.15, -0.1) is 0 Å². The van der Waals surface area contributed by atoms with Crippen molar-refractivity contribution in [2.45, 2.75) is 26.9 Å². The topological polar surface area (TPSA) is 39.1 Å². The number of ether oxygens (including phenoxy) is 1. The lowest BCUT2D eigenvalue weighted by molar-refractivity contribution is 0.199. The highest BCUT2D eigenvalue weighted by Crippen LogP contribution is 2.14. The van der Waals surface area contributed by atoms with E-state index in [4.69, 9.17) is 4.74 Å². The number of nitrogens with zero attached hydrogens (tertiary/aromatic N) is 2. The molecule has 1 aromatic carbocycles. The SMILES string of the molecule is COCCNCc1c(C)nn(Cc2ccccc2)c1C. The third kappa shape index (κ3) is 3.68. The molecule has 4 heteroatoms. The van der Waals surface area contributed by atoms with Crippen LogP contribution in [0.2, 0.25) is 0 Å². The van der Waals surface area contributed by atoms with Gasteiger partial charge in [0, 0.05) is 31.5 Å². The summed E-state index contributed by atoms with van der Waals surface area (Å²) in [5, 5.41) is 8.03. The minimum Gasteiger partial charge on any atom is -0.383 e. The van der Waals surface area contributed by atoms with Gasteiger partial charge >= 0.3 is 0 Å². The van der Waals surface area contributed by atoms with Crippen LogP contribution in [0.25, 0.3) is 0 Å². The van der Waals surface area contributed by atoms with Crippen LogP contribution in [0.1, 0.15) is 22.5 Å². The zero-order valence-corrected chi connectivity index (χ0v) is 12.5. The van der Waals surface area contributed by atoms with Crippen LogP contribution >= 0.6 is 0 Å². The Morgan fingerprint density at radius 3 is 2.65 bits per heavy atom. The number of nitrogens with one attached hydrogen (secondary N) is 1. The van der Waals surface area contributed by atoms with Crippen LogP contribution < -0.4 is 5.32 Å². The minimum absolute atomic E-state index is 0.732. The predicted molar refractivity (Wildman–Crippen MR) is 80.8 cm³/mol. The van der Waals surface area contributed by atoms with Crippen molar-refractivity contribution in [3.63, 3.8) is 0 Å². The summed E-state index contributed by atoms with van der Waals surface area (Å²) in [5.41, 5.74) is 4.90. The first-order chi connectivity index (χ1) is 9.72. The highest BCUT2D eigenvalue weighted by molar-refractivity contribution is 5.25. The van der Waals surface area contributed by atoms with Gasteiger partial charge in [0.15, 0.2) is 0 Å². The highest BCUT2D eigenvalue weighted by atomic mass is 16.5. The monoisotopic (exact) mass is 273 g/mol. The molecule has 2 rings (SSSR count). The molecule has 0 amide bonds. The lowest BCUT2D eigenvalue weighted by Crippen LogP contribution is -2.19. The number of hydrogen-bond donors (Lipinski definition) is 1. The molecule has 20 heavy (non-hydrogen) atoms. The van der Waals surface area contributed by atoms with E-state index >= 15 is 0 Å². The van der Waals surface area contributed by atoms with Crippen molar-refractivity contribution in [1.29, 1.82) is 0 Å². The third-order valence-electron chi connectivity index (χ3n) is 3.49. The van der Waals surface area contributed by atoms with Crippen molar-refractivity contribution in [1.82, 2.24) is 15.1 Å². The first-order valence-electron chi connectivity index (χ1n) is 6.99. The van der Waals surface area contributed by atoms with Gasteiger partial charge in [-0.05, 0) is 19.4 Å². The summed E-state index contributed by atoms with van der Waals surface area (Å²) < 4.78 is 7.12. The van der Waals surface area contributed by atoms with Crippen molar-refractivity contribution in [3.05, 3.63) is 52.8 Å². The summed E-state index contributed by atoms with van der Waals surface area (Å²) in [6.07, 6.45) is 0. The molecule has 1 aromatic heterocycles. The lowest BCUT2D eigenvalue weighted by Gasteiger charge is -2.07. The normalized spacial score (nSPS) is 10.9. The van der Waals surface area contributed by atoms with Gasteiger partial charge in [0.2, 0.25) is 0 Å². The molecule has 0 fully saturated rings. The maximum Gasteiger partial charge on any atom is 0.0662 e. The van der Waals surface area contributed by atoms with E-state index in [1.54, 1.807) is 7.11 Å². The summed E-state index contributed by atoms with van der Waals surface area (Å²) in [5.74, 6) is 0. The van der Waals surface area contributed by atoms with Crippen LogP contribution in [0.4, 0.5) is 0 Å². The Morgan fingerprint density at radius 1 is 1.20 bits per heavy atom. The molecule has 0 aliphatic heterocycles.